The summed E-state index contributed by atoms with van der Waals surface area (Å²) in [6.07, 6.45) is -3.33. The molecule has 32 heavy (non-hydrogen) atoms. The highest BCUT2D eigenvalue weighted by Gasteiger charge is 2.33. The lowest BCUT2D eigenvalue weighted by atomic mass is 9.79. The highest BCUT2D eigenvalue weighted by molar-refractivity contribution is 7.92. The summed E-state index contributed by atoms with van der Waals surface area (Å²) < 4.78 is 64.5. The van der Waals surface area contributed by atoms with Crippen LogP contribution >= 0.6 is 11.6 Å². The summed E-state index contributed by atoms with van der Waals surface area (Å²) in [4.78, 5) is 12.6. The fourth-order valence-electron chi connectivity index (χ4n) is 3.54. The zero-order valence-electron chi connectivity index (χ0n) is 18.2. The van der Waals surface area contributed by atoms with Crippen molar-refractivity contribution in [3.63, 3.8) is 0 Å². The Morgan fingerprint density at radius 1 is 1.09 bits per heavy atom. The molecule has 0 bridgehead atoms. The Balaban J connectivity index is 2.20. The van der Waals surface area contributed by atoms with Gasteiger partial charge in [0.25, 0.3) is 0 Å². The minimum Gasteiger partial charge on any atom is -0.352 e. The summed E-state index contributed by atoms with van der Waals surface area (Å²) in [6.45, 7) is 5.13. The molecule has 1 atom stereocenters. The van der Waals surface area contributed by atoms with Gasteiger partial charge in [-0.05, 0) is 42.5 Å². The van der Waals surface area contributed by atoms with Gasteiger partial charge in [0.2, 0.25) is 15.9 Å². The van der Waals surface area contributed by atoms with Crippen molar-refractivity contribution in [3.05, 3.63) is 64.7 Å². The number of hydrogen-bond donors (Lipinski definition) is 1. The first-order chi connectivity index (χ1) is 14.6. The molecule has 1 amide bonds. The van der Waals surface area contributed by atoms with E-state index < -0.39 is 39.9 Å². The summed E-state index contributed by atoms with van der Waals surface area (Å²) in [6, 6.07) is 11.7. The zero-order valence-corrected chi connectivity index (χ0v) is 19.8. The van der Waals surface area contributed by atoms with Gasteiger partial charge in [-0.3, -0.25) is 9.10 Å². The first kappa shape index (κ1) is 26.0. The van der Waals surface area contributed by atoms with E-state index in [4.69, 9.17) is 11.6 Å². The summed E-state index contributed by atoms with van der Waals surface area (Å²) in [7, 11) is -4.09. The molecule has 0 fully saturated rings. The van der Waals surface area contributed by atoms with Crippen molar-refractivity contribution < 1.29 is 26.4 Å². The topological polar surface area (TPSA) is 66.5 Å². The number of amides is 1. The van der Waals surface area contributed by atoms with Gasteiger partial charge in [-0.15, -0.1) is 0 Å². The number of rotatable bonds is 8. The first-order valence-electron chi connectivity index (χ1n) is 9.80. The van der Waals surface area contributed by atoms with Gasteiger partial charge < -0.3 is 5.32 Å². The SMILES string of the molecule is CC(CC(C)(C)c1ccccc1)NC(=O)CN(c1cc(C(F)(F)F)ccc1Cl)S(C)(=O)=O. The average Bonchev–Trinajstić information content (AvgIpc) is 2.65. The van der Waals surface area contributed by atoms with Crippen molar-refractivity contribution in [1.82, 2.24) is 5.32 Å². The van der Waals surface area contributed by atoms with Gasteiger partial charge in [-0.1, -0.05) is 55.8 Å². The molecule has 2 rings (SSSR count). The van der Waals surface area contributed by atoms with E-state index in [1.165, 1.54) is 0 Å². The third-order valence-electron chi connectivity index (χ3n) is 5.01. The Morgan fingerprint density at radius 3 is 2.22 bits per heavy atom. The second-order valence-corrected chi connectivity index (χ2v) is 10.7. The van der Waals surface area contributed by atoms with Crippen molar-refractivity contribution in [2.24, 2.45) is 0 Å². The van der Waals surface area contributed by atoms with E-state index >= 15 is 0 Å². The maximum atomic E-state index is 13.1. The van der Waals surface area contributed by atoms with Crippen LogP contribution in [0.2, 0.25) is 5.02 Å². The second-order valence-electron chi connectivity index (χ2n) is 8.36. The summed E-state index contributed by atoms with van der Waals surface area (Å²) in [5.74, 6) is -0.653. The summed E-state index contributed by atoms with van der Waals surface area (Å²) >= 11 is 5.99. The molecular weight excluding hydrogens is 465 g/mol. The Bertz CT molecular complexity index is 1060. The minimum absolute atomic E-state index is 0.213. The lowest BCUT2D eigenvalue weighted by molar-refractivity contribution is -0.137. The number of carbonyl (C=O) groups excluding carboxylic acids is 1. The highest BCUT2D eigenvalue weighted by atomic mass is 35.5. The maximum absolute atomic E-state index is 13.1. The van der Waals surface area contributed by atoms with Gasteiger partial charge in [-0.2, -0.15) is 13.2 Å². The molecule has 2 aromatic rings. The van der Waals surface area contributed by atoms with Gasteiger partial charge in [0.15, 0.2) is 0 Å². The molecule has 1 unspecified atom stereocenters. The highest BCUT2D eigenvalue weighted by Crippen LogP contribution is 2.36. The van der Waals surface area contributed by atoms with Crippen LogP contribution in [0.25, 0.3) is 0 Å². The van der Waals surface area contributed by atoms with Crippen LogP contribution in [0, 0.1) is 0 Å². The van der Waals surface area contributed by atoms with E-state index in [0.29, 0.717) is 16.8 Å². The number of anilines is 1. The molecule has 0 radical (unpaired) electrons. The van der Waals surface area contributed by atoms with Gasteiger partial charge in [0.05, 0.1) is 22.5 Å². The summed E-state index contributed by atoms with van der Waals surface area (Å²) in [5, 5.41) is 2.52. The van der Waals surface area contributed by atoms with E-state index in [-0.39, 0.29) is 16.5 Å². The predicted octanol–water partition coefficient (Wildman–Crippen LogP) is 5.00. The molecule has 1 N–H and O–H groups in total. The third-order valence-corrected chi connectivity index (χ3v) is 6.45. The molecule has 0 aliphatic rings. The number of sulfonamides is 1. The minimum atomic E-state index is -4.69. The van der Waals surface area contributed by atoms with E-state index in [2.05, 4.69) is 5.32 Å². The molecule has 0 aromatic heterocycles. The number of benzene rings is 2. The molecule has 5 nitrogen and oxygen atoms in total. The Kier molecular flexibility index (Phi) is 7.88. The van der Waals surface area contributed by atoms with Crippen molar-refractivity contribution in [2.75, 3.05) is 17.1 Å². The van der Waals surface area contributed by atoms with Gasteiger partial charge in [0, 0.05) is 6.04 Å². The van der Waals surface area contributed by atoms with Crippen LogP contribution in [0.3, 0.4) is 0 Å². The van der Waals surface area contributed by atoms with Gasteiger partial charge >= 0.3 is 6.18 Å². The number of hydrogen-bond acceptors (Lipinski definition) is 3. The van der Waals surface area contributed by atoms with Gasteiger partial charge in [-0.25, -0.2) is 8.42 Å². The van der Waals surface area contributed by atoms with Gasteiger partial charge in [0.1, 0.15) is 6.54 Å². The Hall–Kier alpha value is -2.26. The Labute approximate surface area is 191 Å². The normalized spacial score (nSPS) is 13.5. The van der Waals surface area contributed by atoms with E-state index in [9.17, 15) is 26.4 Å². The largest absolute Gasteiger partial charge is 0.416 e. The second kappa shape index (κ2) is 9.70. The van der Waals surface area contributed by atoms with Crippen LogP contribution in [-0.4, -0.2) is 33.2 Å². The van der Waals surface area contributed by atoms with Crippen molar-refractivity contribution in [2.45, 2.75) is 44.8 Å². The molecular formula is C22H26ClF3N2O3S. The smallest absolute Gasteiger partial charge is 0.352 e. The monoisotopic (exact) mass is 490 g/mol. The molecule has 0 spiro atoms. The van der Waals surface area contributed by atoms with E-state index in [0.717, 1.165) is 24.0 Å². The average molecular weight is 491 g/mol. The number of nitrogens with zero attached hydrogens (tertiary/aromatic N) is 1. The van der Waals surface area contributed by atoms with E-state index in [1.807, 2.05) is 44.2 Å². The first-order valence-corrected chi connectivity index (χ1v) is 12.0. The standard InChI is InChI=1S/C22H26ClF3N2O3S/c1-15(13-21(2,3)16-8-6-5-7-9-16)27-20(29)14-28(32(4,30)31)19-12-17(22(24,25)26)10-11-18(19)23/h5-12,15H,13-14H2,1-4H3,(H,27,29). The number of carbonyl (C=O) groups is 1. The maximum Gasteiger partial charge on any atom is 0.416 e. The zero-order chi connectivity index (χ0) is 24.3. The lowest BCUT2D eigenvalue weighted by Gasteiger charge is -2.30. The van der Waals surface area contributed by atoms with Crippen molar-refractivity contribution >= 4 is 33.2 Å². The molecule has 0 saturated carbocycles. The number of nitrogens with one attached hydrogen (secondary N) is 1. The van der Waals surface area contributed by atoms with E-state index in [1.54, 1.807) is 6.92 Å². The summed E-state index contributed by atoms with van der Waals surface area (Å²) in [5.41, 5.74) is -0.663. The molecule has 0 aliphatic heterocycles. The molecule has 176 valence electrons. The predicted molar refractivity (Wildman–Crippen MR) is 120 cm³/mol. The molecule has 2 aromatic carbocycles. The van der Waals surface area contributed by atoms with Crippen LogP contribution in [0.4, 0.5) is 18.9 Å². The number of alkyl halides is 3. The van der Waals surface area contributed by atoms with Crippen LogP contribution in [0.5, 0.6) is 0 Å². The van der Waals surface area contributed by atoms with Crippen LogP contribution in [0.15, 0.2) is 48.5 Å². The quantitative estimate of drug-likeness (QED) is 0.566. The molecule has 10 heteroatoms. The molecule has 0 saturated heterocycles. The van der Waals surface area contributed by atoms with Crippen molar-refractivity contribution in [3.8, 4) is 0 Å². The van der Waals surface area contributed by atoms with Crippen LogP contribution < -0.4 is 9.62 Å². The number of halogens is 4. The molecule has 0 aliphatic carbocycles. The Morgan fingerprint density at radius 2 is 1.69 bits per heavy atom. The fraction of sp³-hybridized carbons (Fsp3) is 0.409. The van der Waals surface area contributed by atoms with Crippen molar-refractivity contribution in [1.29, 1.82) is 0 Å². The van der Waals surface area contributed by atoms with Crippen LogP contribution in [0.1, 0.15) is 38.3 Å². The van der Waals surface area contributed by atoms with Crippen LogP contribution in [-0.2, 0) is 26.4 Å². The lowest BCUT2D eigenvalue weighted by Crippen LogP contribution is -2.44. The fourth-order valence-corrected chi connectivity index (χ4v) is 4.67. The third kappa shape index (κ3) is 6.87. The molecule has 0 heterocycles.